The highest BCUT2D eigenvalue weighted by atomic mass is 19.1. The largest absolute Gasteiger partial charge is 0.395 e. The molecule has 112 valence electrons. The minimum Gasteiger partial charge on any atom is -0.395 e. The van der Waals surface area contributed by atoms with Gasteiger partial charge in [0, 0.05) is 36.8 Å². The van der Waals surface area contributed by atoms with Crippen LogP contribution in [-0.2, 0) is 0 Å². The minimum absolute atomic E-state index is 0.0277. The summed E-state index contributed by atoms with van der Waals surface area (Å²) in [4.78, 5) is 2.04. The molecular weight excluding hydrogens is 262 g/mol. The molecule has 1 heterocycles. The van der Waals surface area contributed by atoms with Crippen LogP contribution in [0.4, 0.5) is 8.78 Å². The molecule has 1 aromatic rings. The Balaban J connectivity index is 2.10. The Morgan fingerprint density at radius 3 is 2.85 bits per heavy atom. The van der Waals surface area contributed by atoms with Crippen molar-refractivity contribution in [3.8, 4) is 0 Å². The fraction of sp³-hybridized carbons (Fsp3) is 0.600. The molecule has 2 N–H and O–H groups in total. The molecular formula is C15H22F2N2O. The van der Waals surface area contributed by atoms with E-state index in [0.717, 1.165) is 32.0 Å². The van der Waals surface area contributed by atoms with Gasteiger partial charge in [-0.25, -0.2) is 8.78 Å². The fourth-order valence-corrected chi connectivity index (χ4v) is 2.80. The molecule has 1 saturated heterocycles. The summed E-state index contributed by atoms with van der Waals surface area (Å²) in [6.45, 7) is 4.17. The number of nitrogens with zero attached hydrogens (tertiary/aromatic N) is 1. The van der Waals surface area contributed by atoms with Crippen molar-refractivity contribution < 1.29 is 13.9 Å². The minimum atomic E-state index is -0.565. The molecule has 2 unspecified atom stereocenters. The Labute approximate surface area is 118 Å². The lowest BCUT2D eigenvalue weighted by molar-refractivity contribution is 0.145. The Bertz CT molecular complexity index is 436. The Kier molecular flexibility index (Phi) is 5.46. The molecule has 0 spiro atoms. The highest BCUT2D eigenvalue weighted by molar-refractivity contribution is 5.21. The van der Waals surface area contributed by atoms with Crippen molar-refractivity contribution in [3.63, 3.8) is 0 Å². The van der Waals surface area contributed by atoms with Crippen LogP contribution >= 0.6 is 0 Å². The summed E-state index contributed by atoms with van der Waals surface area (Å²) in [5, 5.41) is 12.6. The van der Waals surface area contributed by atoms with E-state index >= 15 is 0 Å². The molecule has 2 atom stereocenters. The Morgan fingerprint density at radius 2 is 2.25 bits per heavy atom. The van der Waals surface area contributed by atoms with E-state index in [1.165, 1.54) is 12.1 Å². The molecule has 0 saturated carbocycles. The van der Waals surface area contributed by atoms with Crippen molar-refractivity contribution in [2.24, 2.45) is 0 Å². The van der Waals surface area contributed by atoms with Crippen molar-refractivity contribution in [1.82, 2.24) is 10.2 Å². The Morgan fingerprint density at radius 1 is 1.45 bits per heavy atom. The van der Waals surface area contributed by atoms with Crippen molar-refractivity contribution in [2.45, 2.75) is 31.8 Å². The van der Waals surface area contributed by atoms with Gasteiger partial charge in [0.25, 0.3) is 0 Å². The lowest BCUT2D eigenvalue weighted by Crippen LogP contribution is -2.40. The molecule has 0 amide bonds. The van der Waals surface area contributed by atoms with Crippen LogP contribution in [0.2, 0.25) is 0 Å². The number of aliphatic hydroxyl groups excluding tert-OH is 1. The van der Waals surface area contributed by atoms with Crippen LogP contribution in [0.5, 0.6) is 0 Å². The summed E-state index contributed by atoms with van der Waals surface area (Å²) in [5.41, 5.74) is 0.470. The van der Waals surface area contributed by atoms with Gasteiger partial charge in [-0.1, -0.05) is 6.07 Å². The van der Waals surface area contributed by atoms with E-state index in [9.17, 15) is 13.9 Å². The van der Waals surface area contributed by atoms with Crippen molar-refractivity contribution in [1.29, 1.82) is 0 Å². The molecule has 1 aliphatic rings. The smallest absolute Gasteiger partial charge is 0.130 e. The van der Waals surface area contributed by atoms with Gasteiger partial charge >= 0.3 is 0 Å². The Hall–Kier alpha value is -1.04. The molecule has 3 nitrogen and oxygen atoms in total. The number of aliphatic hydroxyl groups is 1. The summed E-state index contributed by atoms with van der Waals surface area (Å²) in [6.07, 6.45) is 2.25. The molecule has 1 fully saturated rings. The normalized spacial score (nSPS) is 20.6. The molecule has 1 aromatic carbocycles. The number of benzene rings is 1. The van der Waals surface area contributed by atoms with E-state index in [4.69, 9.17) is 0 Å². The van der Waals surface area contributed by atoms with Gasteiger partial charge in [-0.05, 0) is 32.4 Å². The second-order valence-corrected chi connectivity index (χ2v) is 5.35. The maximum atomic E-state index is 13.9. The summed E-state index contributed by atoms with van der Waals surface area (Å²) in [7, 11) is 0. The molecule has 20 heavy (non-hydrogen) atoms. The van der Waals surface area contributed by atoms with Gasteiger partial charge in [-0.3, -0.25) is 4.90 Å². The van der Waals surface area contributed by atoms with Crippen LogP contribution in [0.25, 0.3) is 0 Å². The summed E-state index contributed by atoms with van der Waals surface area (Å²) in [5.74, 6) is -1.09. The number of hydrogen-bond acceptors (Lipinski definition) is 3. The second-order valence-electron chi connectivity index (χ2n) is 5.35. The second kappa shape index (κ2) is 7.11. The number of nitrogens with one attached hydrogen (secondary N) is 1. The zero-order chi connectivity index (χ0) is 14.5. The number of hydrogen-bond donors (Lipinski definition) is 2. The maximum Gasteiger partial charge on any atom is 0.130 e. The van der Waals surface area contributed by atoms with E-state index in [2.05, 4.69) is 5.32 Å². The monoisotopic (exact) mass is 284 g/mol. The van der Waals surface area contributed by atoms with E-state index in [0.29, 0.717) is 18.2 Å². The lowest BCUT2D eigenvalue weighted by atomic mass is 10.0. The average molecular weight is 284 g/mol. The first kappa shape index (κ1) is 15.4. The molecule has 1 aliphatic heterocycles. The van der Waals surface area contributed by atoms with Gasteiger partial charge in [0.2, 0.25) is 0 Å². The topological polar surface area (TPSA) is 35.5 Å². The average Bonchev–Trinajstić information content (AvgIpc) is 2.90. The van der Waals surface area contributed by atoms with E-state index in [1.54, 1.807) is 0 Å². The first-order chi connectivity index (χ1) is 9.61. The van der Waals surface area contributed by atoms with E-state index < -0.39 is 11.6 Å². The third-order valence-corrected chi connectivity index (χ3v) is 3.96. The summed E-state index contributed by atoms with van der Waals surface area (Å²) in [6, 6.07) is 3.87. The van der Waals surface area contributed by atoms with Gasteiger partial charge < -0.3 is 10.4 Å². The predicted molar refractivity (Wildman–Crippen MR) is 74.5 cm³/mol. The highest BCUT2D eigenvalue weighted by Gasteiger charge is 2.23. The maximum absolute atomic E-state index is 13.9. The zero-order valence-electron chi connectivity index (χ0n) is 11.8. The molecule has 0 radical (unpaired) electrons. The van der Waals surface area contributed by atoms with Crippen LogP contribution in [0.1, 0.15) is 31.4 Å². The molecule has 0 bridgehead atoms. The molecule has 0 aliphatic carbocycles. The zero-order valence-corrected chi connectivity index (χ0v) is 11.8. The number of halogens is 2. The quantitative estimate of drug-likeness (QED) is 0.839. The van der Waals surface area contributed by atoms with Gasteiger partial charge in [-0.15, -0.1) is 0 Å². The van der Waals surface area contributed by atoms with Gasteiger partial charge in [0.05, 0.1) is 6.61 Å². The van der Waals surface area contributed by atoms with Crippen LogP contribution in [0, 0.1) is 11.6 Å². The number of rotatable bonds is 6. The molecule has 0 aromatic heterocycles. The summed E-state index contributed by atoms with van der Waals surface area (Å²) >= 11 is 0. The first-order valence-corrected chi connectivity index (χ1v) is 7.15. The van der Waals surface area contributed by atoms with E-state index in [-0.39, 0.29) is 12.6 Å². The standard InChI is InChI=1S/C15H22F2N2O/c1-11(14-5-4-12(16)9-15(14)17)19(7-8-20)10-13-3-2-6-18-13/h4-5,9,11,13,18,20H,2-3,6-8,10H2,1H3. The van der Waals surface area contributed by atoms with Crippen LogP contribution in [0.15, 0.2) is 18.2 Å². The third-order valence-electron chi connectivity index (χ3n) is 3.96. The SMILES string of the molecule is CC(c1ccc(F)cc1F)N(CCO)CC1CCCN1. The van der Waals surface area contributed by atoms with Gasteiger partial charge in [0.1, 0.15) is 11.6 Å². The summed E-state index contributed by atoms with van der Waals surface area (Å²) < 4.78 is 26.9. The third kappa shape index (κ3) is 3.75. The highest BCUT2D eigenvalue weighted by Crippen LogP contribution is 2.24. The van der Waals surface area contributed by atoms with Crippen molar-refractivity contribution in [3.05, 3.63) is 35.4 Å². The van der Waals surface area contributed by atoms with Crippen LogP contribution in [0.3, 0.4) is 0 Å². The molecule has 2 rings (SSSR count). The lowest BCUT2D eigenvalue weighted by Gasteiger charge is -2.31. The van der Waals surface area contributed by atoms with Crippen LogP contribution < -0.4 is 5.32 Å². The van der Waals surface area contributed by atoms with Crippen molar-refractivity contribution in [2.75, 3.05) is 26.2 Å². The van der Waals surface area contributed by atoms with Crippen molar-refractivity contribution >= 4 is 0 Å². The fourth-order valence-electron chi connectivity index (χ4n) is 2.80. The first-order valence-electron chi connectivity index (χ1n) is 7.15. The van der Waals surface area contributed by atoms with Gasteiger partial charge in [-0.2, -0.15) is 0 Å². The van der Waals surface area contributed by atoms with Crippen LogP contribution in [-0.4, -0.2) is 42.3 Å². The van der Waals surface area contributed by atoms with E-state index in [1.807, 2.05) is 11.8 Å². The molecule has 5 heteroatoms. The van der Waals surface area contributed by atoms with Gasteiger partial charge in [0.15, 0.2) is 0 Å². The predicted octanol–water partition coefficient (Wildman–Crippen LogP) is 2.07.